The molecule has 7 heteroatoms. The van der Waals surface area contributed by atoms with E-state index in [1.807, 2.05) is 17.5 Å². The summed E-state index contributed by atoms with van der Waals surface area (Å²) in [5.74, 6) is 0.151. The zero-order valence-corrected chi connectivity index (χ0v) is 13.7. The molecule has 22 heavy (non-hydrogen) atoms. The van der Waals surface area contributed by atoms with Crippen molar-refractivity contribution in [2.24, 2.45) is 0 Å². The number of piperidine rings is 1. The van der Waals surface area contributed by atoms with E-state index in [0.29, 0.717) is 12.5 Å². The lowest BCUT2D eigenvalue weighted by Crippen LogP contribution is -2.45. The number of thiophene rings is 1. The normalized spacial score (nSPS) is 15.7. The molecule has 0 aliphatic carbocycles. The first-order valence-corrected chi connectivity index (χ1v) is 8.18. The average Bonchev–Trinajstić information content (AvgIpc) is 3.00. The minimum atomic E-state index is -0.250. The maximum Gasteiger partial charge on any atom is 0.290 e. The van der Waals surface area contributed by atoms with Gasteiger partial charge in [0.1, 0.15) is 0 Å². The molecule has 2 heterocycles. The van der Waals surface area contributed by atoms with E-state index < -0.39 is 0 Å². The third-order valence-electron chi connectivity index (χ3n) is 3.48. The van der Waals surface area contributed by atoms with Crippen LogP contribution < -0.4 is 5.32 Å². The van der Waals surface area contributed by atoms with Crippen LogP contribution in [0.15, 0.2) is 17.5 Å². The van der Waals surface area contributed by atoms with Crippen molar-refractivity contribution in [3.8, 4) is 0 Å². The number of methoxy groups -OCH3 is 1. The molecule has 0 bridgehead atoms. The number of ether oxygens (including phenoxy) is 1. The molecule has 1 aromatic heterocycles. The van der Waals surface area contributed by atoms with E-state index in [0.717, 1.165) is 44.0 Å². The van der Waals surface area contributed by atoms with Gasteiger partial charge in [-0.1, -0.05) is 6.07 Å². The highest BCUT2D eigenvalue weighted by Crippen LogP contribution is 2.12. The summed E-state index contributed by atoms with van der Waals surface area (Å²) in [5, 5.41) is 12.0. The van der Waals surface area contributed by atoms with Gasteiger partial charge in [-0.15, -0.1) is 11.3 Å². The van der Waals surface area contributed by atoms with Gasteiger partial charge in [0.25, 0.3) is 6.47 Å². The van der Waals surface area contributed by atoms with Crippen LogP contribution in [-0.4, -0.2) is 61.8 Å². The SMILES string of the molecule is COCCN1CCC(NC(=O)Cc2cccs2)CC1.O=CO. The molecule has 6 nitrogen and oxygen atoms in total. The van der Waals surface area contributed by atoms with E-state index in [1.165, 1.54) is 0 Å². The summed E-state index contributed by atoms with van der Waals surface area (Å²) in [4.78, 5) is 23.8. The van der Waals surface area contributed by atoms with Gasteiger partial charge < -0.3 is 20.1 Å². The summed E-state index contributed by atoms with van der Waals surface area (Å²) in [6.07, 6.45) is 2.60. The first kappa shape index (κ1) is 18.6. The van der Waals surface area contributed by atoms with Crippen LogP contribution in [0.4, 0.5) is 0 Å². The maximum absolute atomic E-state index is 11.9. The van der Waals surface area contributed by atoms with Crippen molar-refractivity contribution in [1.29, 1.82) is 0 Å². The fourth-order valence-corrected chi connectivity index (χ4v) is 3.07. The molecule has 0 spiro atoms. The van der Waals surface area contributed by atoms with Crippen LogP contribution in [-0.2, 0) is 20.7 Å². The van der Waals surface area contributed by atoms with Gasteiger partial charge >= 0.3 is 0 Å². The molecule has 1 amide bonds. The second-order valence-corrected chi connectivity index (χ2v) is 6.07. The monoisotopic (exact) mass is 328 g/mol. The van der Waals surface area contributed by atoms with Crippen molar-refractivity contribution in [3.63, 3.8) is 0 Å². The second-order valence-electron chi connectivity index (χ2n) is 5.04. The molecule has 1 aliphatic heterocycles. The predicted molar refractivity (Wildman–Crippen MR) is 86.2 cm³/mol. The van der Waals surface area contributed by atoms with Crippen molar-refractivity contribution < 1.29 is 19.4 Å². The van der Waals surface area contributed by atoms with E-state index in [4.69, 9.17) is 14.6 Å². The Hall–Kier alpha value is -1.44. The van der Waals surface area contributed by atoms with Crippen LogP contribution in [0.1, 0.15) is 17.7 Å². The average molecular weight is 328 g/mol. The Morgan fingerprint density at radius 2 is 2.23 bits per heavy atom. The number of carbonyl (C=O) groups is 2. The van der Waals surface area contributed by atoms with E-state index in [9.17, 15) is 4.79 Å². The summed E-state index contributed by atoms with van der Waals surface area (Å²) in [6, 6.07) is 4.34. The fourth-order valence-electron chi connectivity index (χ4n) is 2.37. The number of nitrogens with one attached hydrogen (secondary N) is 1. The second kappa shape index (κ2) is 11.2. The van der Waals surface area contributed by atoms with Gasteiger partial charge in [-0.25, -0.2) is 0 Å². The van der Waals surface area contributed by atoms with Gasteiger partial charge in [0, 0.05) is 37.7 Å². The van der Waals surface area contributed by atoms with Gasteiger partial charge in [0.15, 0.2) is 0 Å². The number of nitrogens with zero attached hydrogens (tertiary/aromatic N) is 1. The number of carboxylic acid groups (broad SMARTS) is 1. The molecule has 2 N–H and O–H groups in total. The standard InChI is InChI=1S/C14H22N2O2S.CH2O2/c1-18-9-8-16-6-4-12(5-7-16)15-14(17)11-13-3-2-10-19-13;2-1-3/h2-3,10,12H,4-9,11H2,1H3,(H,15,17);1H,(H,2,3). The molecule has 0 saturated carbocycles. The van der Waals surface area contributed by atoms with Crippen molar-refractivity contribution in [1.82, 2.24) is 10.2 Å². The van der Waals surface area contributed by atoms with Gasteiger partial charge in [-0.3, -0.25) is 9.59 Å². The summed E-state index contributed by atoms with van der Waals surface area (Å²) in [7, 11) is 1.73. The van der Waals surface area contributed by atoms with Crippen LogP contribution in [0, 0.1) is 0 Å². The zero-order chi connectivity index (χ0) is 16.2. The van der Waals surface area contributed by atoms with Gasteiger partial charge in [-0.2, -0.15) is 0 Å². The number of amides is 1. The van der Waals surface area contributed by atoms with E-state index in [-0.39, 0.29) is 12.4 Å². The summed E-state index contributed by atoms with van der Waals surface area (Å²) in [6.45, 7) is 3.63. The molecule has 124 valence electrons. The Labute approximate surface area is 135 Å². The van der Waals surface area contributed by atoms with E-state index >= 15 is 0 Å². The Kier molecular flexibility index (Phi) is 9.45. The molecule has 1 saturated heterocycles. The molecule has 2 rings (SSSR count). The highest BCUT2D eigenvalue weighted by atomic mass is 32.1. The lowest BCUT2D eigenvalue weighted by Gasteiger charge is -2.32. The molecule has 1 fully saturated rings. The third-order valence-corrected chi connectivity index (χ3v) is 4.36. The van der Waals surface area contributed by atoms with Crippen LogP contribution in [0.5, 0.6) is 0 Å². The lowest BCUT2D eigenvalue weighted by molar-refractivity contribution is -0.123. The molecule has 1 aliphatic rings. The van der Waals surface area contributed by atoms with Gasteiger partial charge in [0.2, 0.25) is 5.91 Å². The predicted octanol–water partition coefficient (Wildman–Crippen LogP) is 1.22. The number of carbonyl (C=O) groups excluding carboxylic acids is 1. The molecular weight excluding hydrogens is 304 g/mol. The first-order chi connectivity index (χ1) is 10.7. The highest BCUT2D eigenvalue weighted by molar-refractivity contribution is 7.10. The lowest BCUT2D eigenvalue weighted by atomic mass is 10.0. The minimum absolute atomic E-state index is 0.151. The Bertz CT molecular complexity index is 417. The number of hydrogen-bond acceptors (Lipinski definition) is 5. The van der Waals surface area contributed by atoms with E-state index in [2.05, 4.69) is 10.2 Å². The van der Waals surface area contributed by atoms with Gasteiger partial charge in [-0.05, 0) is 24.3 Å². The molecule has 0 unspecified atom stereocenters. The summed E-state index contributed by atoms with van der Waals surface area (Å²) >= 11 is 1.64. The largest absolute Gasteiger partial charge is 0.483 e. The van der Waals surface area contributed by atoms with Crippen molar-refractivity contribution in [3.05, 3.63) is 22.4 Å². The molecule has 0 aromatic carbocycles. The van der Waals surface area contributed by atoms with Crippen LogP contribution >= 0.6 is 11.3 Å². The van der Waals surface area contributed by atoms with Crippen LogP contribution in [0.3, 0.4) is 0 Å². The fraction of sp³-hybridized carbons (Fsp3) is 0.600. The number of likely N-dealkylation sites (tertiary alicyclic amines) is 1. The summed E-state index contributed by atoms with van der Waals surface area (Å²) in [5.41, 5.74) is 0. The minimum Gasteiger partial charge on any atom is -0.483 e. The molecule has 0 atom stereocenters. The van der Waals surface area contributed by atoms with Crippen molar-refractivity contribution in [2.45, 2.75) is 25.3 Å². The zero-order valence-electron chi connectivity index (χ0n) is 12.9. The Balaban J connectivity index is 0.000000745. The Morgan fingerprint density at radius 1 is 1.55 bits per heavy atom. The van der Waals surface area contributed by atoms with Crippen LogP contribution in [0.25, 0.3) is 0 Å². The van der Waals surface area contributed by atoms with Crippen molar-refractivity contribution >= 4 is 23.7 Å². The molecule has 0 radical (unpaired) electrons. The highest BCUT2D eigenvalue weighted by Gasteiger charge is 2.20. The Morgan fingerprint density at radius 3 is 2.77 bits per heavy atom. The quantitative estimate of drug-likeness (QED) is 0.768. The maximum atomic E-state index is 11.9. The summed E-state index contributed by atoms with van der Waals surface area (Å²) < 4.78 is 5.08. The van der Waals surface area contributed by atoms with E-state index in [1.54, 1.807) is 18.4 Å². The first-order valence-electron chi connectivity index (χ1n) is 7.30. The third kappa shape index (κ3) is 7.53. The van der Waals surface area contributed by atoms with Crippen molar-refractivity contribution in [2.75, 3.05) is 33.4 Å². The van der Waals surface area contributed by atoms with Crippen LogP contribution in [0.2, 0.25) is 0 Å². The topological polar surface area (TPSA) is 78.9 Å². The smallest absolute Gasteiger partial charge is 0.290 e. The molecular formula is C15H24N2O4S. The number of hydrogen-bond donors (Lipinski definition) is 2. The number of rotatable bonds is 6. The molecule has 1 aromatic rings. The van der Waals surface area contributed by atoms with Gasteiger partial charge in [0.05, 0.1) is 13.0 Å².